The van der Waals surface area contributed by atoms with Crippen molar-refractivity contribution in [3.05, 3.63) is 71.8 Å². The maximum Gasteiger partial charge on any atom is 0.261 e. The zero-order valence-corrected chi connectivity index (χ0v) is 16.1. The van der Waals surface area contributed by atoms with E-state index in [1.807, 2.05) is 42.5 Å². The summed E-state index contributed by atoms with van der Waals surface area (Å²) < 4.78 is 28.6. The van der Waals surface area contributed by atoms with Gasteiger partial charge in [0.05, 0.1) is 10.6 Å². The van der Waals surface area contributed by atoms with E-state index in [4.69, 9.17) is 0 Å². The molecule has 0 aliphatic carbocycles. The third-order valence-corrected chi connectivity index (χ3v) is 6.10. The van der Waals surface area contributed by atoms with Crippen molar-refractivity contribution in [1.29, 1.82) is 0 Å². The molecule has 1 heterocycles. The fourth-order valence-corrected chi connectivity index (χ4v) is 4.48. The molecule has 0 atom stereocenters. The molecule has 0 unspecified atom stereocenters. The highest BCUT2D eigenvalue weighted by Crippen LogP contribution is 2.28. The molecule has 6 heteroatoms. The molecule has 0 saturated heterocycles. The highest BCUT2D eigenvalue weighted by molar-refractivity contribution is 7.92. The summed E-state index contributed by atoms with van der Waals surface area (Å²) in [5, 5.41) is 1.94. The van der Waals surface area contributed by atoms with Gasteiger partial charge in [0.2, 0.25) is 0 Å². The number of sulfonamides is 1. The van der Waals surface area contributed by atoms with E-state index in [0.717, 1.165) is 35.8 Å². The summed E-state index contributed by atoms with van der Waals surface area (Å²) in [6.07, 6.45) is 0.942. The summed E-state index contributed by atoms with van der Waals surface area (Å²) in [5.74, 6) is 0. The van der Waals surface area contributed by atoms with Crippen LogP contribution in [0.25, 0.3) is 10.8 Å². The van der Waals surface area contributed by atoms with E-state index in [-0.39, 0.29) is 17.3 Å². The third-order valence-electron chi connectivity index (χ3n) is 4.74. The lowest BCUT2D eigenvalue weighted by atomic mass is 9.99. The minimum atomic E-state index is -3.62. The van der Waals surface area contributed by atoms with Crippen LogP contribution in [-0.2, 0) is 23.0 Å². The molecule has 3 aromatic rings. The van der Waals surface area contributed by atoms with Gasteiger partial charge in [0.25, 0.3) is 10.0 Å². The smallest absolute Gasteiger partial charge is 0.261 e. The summed E-state index contributed by atoms with van der Waals surface area (Å²) in [5.41, 5.74) is 2.97. The Bertz CT molecular complexity index is 1050. The topological polar surface area (TPSA) is 49.4 Å². The Kier molecular flexibility index (Phi) is 5.23. The fourth-order valence-electron chi connectivity index (χ4n) is 3.35. The molecule has 0 bridgehead atoms. The number of likely N-dealkylation sites (N-methyl/N-ethyl adjacent to an activating group) is 1. The van der Waals surface area contributed by atoms with Crippen LogP contribution in [0.1, 0.15) is 11.1 Å². The van der Waals surface area contributed by atoms with Crippen LogP contribution in [0.2, 0.25) is 0 Å². The van der Waals surface area contributed by atoms with Gasteiger partial charge >= 0.3 is 0 Å². The highest BCUT2D eigenvalue weighted by Gasteiger charge is 2.20. The van der Waals surface area contributed by atoms with Crippen LogP contribution in [0, 0.1) is 0 Å². The molecule has 136 valence electrons. The van der Waals surface area contributed by atoms with E-state index in [2.05, 4.69) is 22.7 Å². The lowest BCUT2D eigenvalue weighted by Crippen LogP contribution is -2.28. The Morgan fingerprint density at radius 3 is 2.54 bits per heavy atom. The van der Waals surface area contributed by atoms with E-state index in [1.54, 1.807) is 12.1 Å². The van der Waals surface area contributed by atoms with Gasteiger partial charge in [-0.3, -0.25) is 4.72 Å². The molecule has 3 aromatic carbocycles. The molecule has 0 aromatic heterocycles. The molecule has 1 aliphatic rings. The number of rotatable bonds is 3. The zero-order chi connectivity index (χ0) is 17.4. The predicted octanol–water partition coefficient (Wildman–Crippen LogP) is 4.05. The van der Waals surface area contributed by atoms with Crippen LogP contribution in [0.5, 0.6) is 0 Å². The Balaban J connectivity index is 0.00000196. The molecular weight excluding hydrogens is 368 g/mol. The quantitative estimate of drug-likeness (QED) is 0.736. The number of benzene rings is 3. The molecule has 4 nitrogen and oxygen atoms in total. The second-order valence-corrected chi connectivity index (χ2v) is 8.23. The molecule has 1 N–H and O–H groups in total. The third kappa shape index (κ3) is 3.56. The van der Waals surface area contributed by atoms with E-state index >= 15 is 0 Å². The summed E-state index contributed by atoms with van der Waals surface area (Å²) >= 11 is 0. The number of nitrogens with zero attached hydrogens (tertiary/aromatic N) is 1. The number of halogens is 1. The molecule has 0 radical (unpaired) electrons. The number of fused-ring (bicyclic) bond motifs is 2. The van der Waals surface area contributed by atoms with Crippen molar-refractivity contribution in [2.24, 2.45) is 0 Å². The highest BCUT2D eigenvalue weighted by atomic mass is 35.5. The Morgan fingerprint density at radius 2 is 1.73 bits per heavy atom. The maximum atomic E-state index is 12.9. The van der Waals surface area contributed by atoms with Crippen molar-refractivity contribution in [2.45, 2.75) is 17.9 Å². The molecule has 4 rings (SSSR count). The number of hydrogen-bond donors (Lipinski definition) is 1. The lowest BCUT2D eigenvalue weighted by Gasteiger charge is -2.27. The van der Waals surface area contributed by atoms with Crippen molar-refractivity contribution in [3.8, 4) is 0 Å². The standard InChI is InChI=1S/C20H20N2O2S.ClH/c1-22-12-11-16-7-4-8-20(19(16)14-22)21-25(23,24)18-10-9-15-5-2-3-6-17(15)13-18;/h2-10,13,21H,11-12,14H2,1H3;1H. The van der Waals surface area contributed by atoms with Gasteiger partial charge in [-0.1, -0.05) is 42.5 Å². The van der Waals surface area contributed by atoms with Crippen LogP contribution in [0.3, 0.4) is 0 Å². The normalized spacial score (nSPS) is 14.5. The van der Waals surface area contributed by atoms with Crippen molar-refractivity contribution in [2.75, 3.05) is 18.3 Å². The Labute approximate surface area is 160 Å². The van der Waals surface area contributed by atoms with Gasteiger partial charge in [0.1, 0.15) is 0 Å². The van der Waals surface area contributed by atoms with E-state index < -0.39 is 10.0 Å². The van der Waals surface area contributed by atoms with Gasteiger partial charge in [-0.2, -0.15) is 0 Å². The number of nitrogens with one attached hydrogen (secondary N) is 1. The summed E-state index contributed by atoms with van der Waals surface area (Å²) in [7, 11) is -1.57. The maximum absolute atomic E-state index is 12.9. The monoisotopic (exact) mass is 388 g/mol. The van der Waals surface area contributed by atoms with Gasteiger partial charge in [0, 0.05) is 13.1 Å². The summed E-state index contributed by atoms with van der Waals surface area (Å²) in [4.78, 5) is 2.49. The minimum absolute atomic E-state index is 0. The Morgan fingerprint density at radius 1 is 0.962 bits per heavy atom. The fraction of sp³-hybridized carbons (Fsp3) is 0.200. The predicted molar refractivity (Wildman–Crippen MR) is 108 cm³/mol. The van der Waals surface area contributed by atoms with Crippen LogP contribution < -0.4 is 4.72 Å². The van der Waals surface area contributed by atoms with Crippen LogP contribution >= 0.6 is 12.4 Å². The van der Waals surface area contributed by atoms with Crippen LogP contribution in [0.4, 0.5) is 5.69 Å². The molecule has 0 fully saturated rings. The number of hydrogen-bond acceptors (Lipinski definition) is 3. The van der Waals surface area contributed by atoms with E-state index in [1.165, 1.54) is 5.56 Å². The molecular formula is C20H21ClN2O2S. The van der Waals surface area contributed by atoms with Gasteiger partial charge < -0.3 is 4.90 Å². The van der Waals surface area contributed by atoms with Crippen molar-refractivity contribution in [3.63, 3.8) is 0 Å². The zero-order valence-electron chi connectivity index (χ0n) is 14.5. The van der Waals surface area contributed by atoms with Crippen molar-refractivity contribution in [1.82, 2.24) is 4.90 Å². The molecule has 0 saturated carbocycles. The average Bonchev–Trinajstić information content (AvgIpc) is 2.61. The van der Waals surface area contributed by atoms with Crippen molar-refractivity contribution < 1.29 is 8.42 Å². The first-order valence-corrected chi connectivity index (χ1v) is 9.82. The summed E-state index contributed by atoms with van der Waals surface area (Å²) in [6.45, 7) is 1.75. The van der Waals surface area contributed by atoms with Crippen molar-refractivity contribution >= 4 is 38.9 Å². The molecule has 0 amide bonds. The summed E-state index contributed by atoms with van der Waals surface area (Å²) in [6, 6.07) is 18.8. The average molecular weight is 389 g/mol. The molecule has 1 aliphatic heterocycles. The van der Waals surface area contributed by atoms with Gasteiger partial charge in [-0.15, -0.1) is 12.4 Å². The SMILES string of the molecule is CN1CCc2cccc(NS(=O)(=O)c3ccc4ccccc4c3)c2C1.Cl. The molecule has 26 heavy (non-hydrogen) atoms. The van der Waals surface area contributed by atoms with Gasteiger partial charge in [0.15, 0.2) is 0 Å². The first kappa shape index (κ1) is 18.7. The van der Waals surface area contributed by atoms with Crippen LogP contribution in [-0.4, -0.2) is 26.9 Å². The first-order valence-electron chi connectivity index (χ1n) is 8.34. The van der Waals surface area contributed by atoms with E-state index in [0.29, 0.717) is 5.69 Å². The Hall–Kier alpha value is -2.08. The van der Waals surface area contributed by atoms with E-state index in [9.17, 15) is 8.42 Å². The first-order chi connectivity index (χ1) is 12.0. The largest absolute Gasteiger partial charge is 0.302 e. The van der Waals surface area contributed by atoms with Crippen LogP contribution in [0.15, 0.2) is 65.6 Å². The lowest BCUT2D eigenvalue weighted by molar-refractivity contribution is 0.313. The number of anilines is 1. The van der Waals surface area contributed by atoms with Gasteiger partial charge in [-0.05, 0) is 53.6 Å². The second kappa shape index (κ2) is 7.27. The molecule has 0 spiro atoms. The van der Waals surface area contributed by atoms with Gasteiger partial charge in [-0.25, -0.2) is 8.42 Å². The second-order valence-electron chi connectivity index (χ2n) is 6.55. The minimum Gasteiger partial charge on any atom is -0.302 e.